The zero-order valence-electron chi connectivity index (χ0n) is 16.3. The molecule has 0 fully saturated rings. The van der Waals surface area contributed by atoms with Gasteiger partial charge in [0.15, 0.2) is 0 Å². The lowest BCUT2D eigenvalue weighted by Gasteiger charge is -2.10. The van der Waals surface area contributed by atoms with Crippen LogP contribution in [0.3, 0.4) is 0 Å². The number of aromatic nitrogens is 1. The number of carbonyl (C=O) groups is 1. The van der Waals surface area contributed by atoms with Crippen LogP contribution in [0.15, 0.2) is 66.9 Å². The van der Waals surface area contributed by atoms with Gasteiger partial charge in [-0.3, -0.25) is 4.79 Å². The summed E-state index contributed by atoms with van der Waals surface area (Å²) in [6.45, 7) is 1.09. The molecule has 3 aromatic rings. The number of methoxy groups -OCH3 is 2. The third-order valence-corrected chi connectivity index (χ3v) is 4.08. The third kappa shape index (κ3) is 5.87. The normalized spacial score (nSPS) is 10.1. The topological polar surface area (TPSA) is 81.7 Å². The van der Waals surface area contributed by atoms with E-state index in [1.54, 1.807) is 44.7 Å². The summed E-state index contributed by atoms with van der Waals surface area (Å²) >= 11 is 0. The fraction of sp³-hybridized carbons (Fsp3) is 0.182. The Morgan fingerprint density at radius 1 is 0.897 bits per heavy atom. The summed E-state index contributed by atoms with van der Waals surface area (Å²) in [6.07, 6.45) is 1.62. The Bertz CT molecular complexity index is 928. The lowest BCUT2D eigenvalue weighted by Crippen LogP contribution is -2.15. The van der Waals surface area contributed by atoms with Crippen LogP contribution in [-0.2, 0) is 0 Å². The molecule has 3 rings (SSSR count). The number of ether oxygens (including phenoxy) is 3. The number of amides is 1. The quantitative estimate of drug-likeness (QED) is 0.538. The van der Waals surface area contributed by atoms with Gasteiger partial charge in [-0.15, -0.1) is 0 Å². The van der Waals surface area contributed by atoms with Gasteiger partial charge in [0.1, 0.15) is 29.5 Å². The van der Waals surface area contributed by atoms with Gasteiger partial charge in [0.2, 0.25) is 0 Å². The number of carbonyl (C=O) groups excluding carboxylic acids is 1. The van der Waals surface area contributed by atoms with Crippen molar-refractivity contribution in [2.24, 2.45) is 0 Å². The number of nitrogens with zero attached hydrogens (tertiary/aromatic N) is 1. The first-order valence-electron chi connectivity index (χ1n) is 9.10. The summed E-state index contributed by atoms with van der Waals surface area (Å²) in [5.41, 5.74) is 1.78. The molecule has 0 atom stereocenters. The van der Waals surface area contributed by atoms with Crippen molar-refractivity contribution in [1.29, 1.82) is 0 Å². The van der Waals surface area contributed by atoms with Crippen LogP contribution in [0.2, 0.25) is 0 Å². The number of nitrogens with one attached hydrogen (secondary N) is 2. The van der Waals surface area contributed by atoms with Gasteiger partial charge in [-0.25, -0.2) is 4.98 Å². The molecule has 1 aromatic heterocycles. The number of anilines is 2. The summed E-state index contributed by atoms with van der Waals surface area (Å²) in [5.74, 6) is 1.95. The number of pyridine rings is 1. The van der Waals surface area contributed by atoms with Crippen molar-refractivity contribution in [2.75, 3.05) is 38.0 Å². The second-order valence-corrected chi connectivity index (χ2v) is 6.07. The van der Waals surface area contributed by atoms with E-state index < -0.39 is 0 Å². The molecule has 0 aliphatic carbocycles. The van der Waals surface area contributed by atoms with E-state index in [9.17, 15) is 4.79 Å². The van der Waals surface area contributed by atoms with E-state index in [4.69, 9.17) is 14.2 Å². The van der Waals surface area contributed by atoms with E-state index in [0.717, 1.165) is 17.2 Å². The fourth-order valence-electron chi connectivity index (χ4n) is 2.56. The van der Waals surface area contributed by atoms with Gasteiger partial charge >= 0.3 is 0 Å². The molecule has 7 heteroatoms. The van der Waals surface area contributed by atoms with Crippen molar-refractivity contribution in [3.05, 3.63) is 72.6 Å². The van der Waals surface area contributed by atoms with Crippen LogP contribution >= 0.6 is 0 Å². The van der Waals surface area contributed by atoms with E-state index in [-0.39, 0.29) is 5.91 Å². The molecule has 1 amide bonds. The van der Waals surface area contributed by atoms with Gasteiger partial charge in [-0.2, -0.15) is 0 Å². The van der Waals surface area contributed by atoms with E-state index in [2.05, 4.69) is 15.6 Å². The largest absolute Gasteiger partial charge is 0.497 e. The molecule has 0 saturated heterocycles. The standard InChI is InChI=1S/C22H23N3O4/c1-27-18-7-9-19(10-8-18)29-13-12-23-17-6-11-21(24-15-17)22(26)25-16-4-3-5-20(14-16)28-2/h3-11,14-15,23H,12-13H2,1-2H3,(H,25,26). The highest BCUT2D eigenvalue weighted by Gasteiger charge is 2.08. The maximum absolute atomic E-state index is 12.3. The number of hydrogen-bond donors (Lipinski definition) is 2. The van der Waals surface area contributed by atoms with E-state index in [1.165, 1.54) is 0 Å². The number of rotatable bonds is 9. The minimum atomic E-state index is -0.285. The van der Waals surface area contributed by atoms with Gasteiger partial charge in [-0.1, -0.05) is 6.07 Å². The Morgan fingerprint density at radius 3 is 2.34 bits per heavy atom. The Labute approximate surface area is 169 Å². The smallest absolute Gasteiger partial charge is 0.274 e. The van der Waals surface area contributed by atoms with Crippen molar-refractivity contribution in [3.63, 3.8) is 0 Å². The molecule has 0 bridgehead atoms. The summed E-state index contributed by atoms with van der Waals surface area (Å²) < 4.78 is 15.9. The lowest BCUT2D eigenvalue weighted by molar-refractivity contribution is 0.102. The van der Waals surface area contributed by atoms with Gasteiger partial charge in [0, 0.05) is 18.3 Å². The molecule has 29 heavy (non-hydrogen) atoms. The molecule has 0 saturated carbocycles. The van der Waals surface area contributed by atoms with Crippen molar-refractivity contribution < 1.29 is 19.0 Å². The molecule has 0 aliphatic heterocycles. The number of benzene rings is 2. The summed E-state index contributed by atoms with van der Waals surface area (Å²) in [5, 5.41) is 6.01. The predicted molar refractivity (Wildman–Crippen MR) is 112 cm³/mol. The van der Waals surface area contributed by atoms with Gasteiger partial charge in [0.05, 0.1) is 26.1 Å². The zero-order chi connectivity index (χ0) is 20.5. The van der Waals surface area contributed by atoms with Crippen molar-refractivity contribution in [2.45, 2.75) is 0 Å². The van der Waals surface area contributed by atoms with Crippen LogP contribution in [0.4, 0.5) is 11.4 Å². The highest BCUT2D eigenvalue weighted by molar-refractivity contribution is 6.03. The lowest BCUT2D eigenvalue weighted by atomic mass is 10.2. The molecule has 2 aromatic carbocycles. The highest BCUT2D eigenvalue weighted by atomic mass is 16.5. The Kier molecular flexibility index (Phi) is 6.89. The van der Waals surface area contributed by atoms with Crippen LogP contribution < -0.4 is 24.8 Å². The SMILES string of the molecule is COc1ccc(OCCNc2ccc(C(=O)Nc3cccc(OC)c3)nc2)cc1. The molecule has 150 valence electrons. The molecule has 1 heterocycles. The summed E-state index contributed by atoms with van der Waals surface area (Å²) in [7, 11) is 3.21. The Morgan fingerprint density at radius 2 is 1.66 bits per heavy atom. The van der Waals surface area contributed by atoms with Crippen molar-refractivity contribution in [3.8, 4) is 17.2 Å². The molecule has 2 N–H and O–H groups in total. The first-order valence-corrected chi connectivity index (χ1v) is 9.10. The Hall–Kier alpha value is -3.74. The predicted octanol–water partition coefficient (Wildman–Crippen LogP) is 3.84. The first-order chi connectivity index (χ1) is 14.2. The molecule has 0 unspecified atom stereocenters. The first kappa shape index (κ1) is 20.0. The molecule has 7 nitrogen and oxygen atoms in total. The van der Waals surface area contributed by atoms with Crippen LogP contribution in [0.25, 0.3) is 0 Å². The maximum atomic E-state index is 12.3. The Balaban J connectivity index is 1.45. The fourth-order valence-corrected chi connectivity index (χ4v) is 2.56. The van der Waals surface area contributed by atoms with E-state index in [0.29, 0.717) is 30.3 Å². The van der Waals surface area contributed by atoms with E-state index in [1.807, 2.05) is 36.4 Å². The van der Waals surface area contributed by atoms with Crippen LogP contribution in [-0.4, -0.2) is 38.3 Å². The van der Waals surface area contributed by atoms with Crippen LogP contribution in [0.5, 0.6) is 17.2 Å². The second-order valence-electron chi connectivity index (χ2n) is 6.07. The average molecular weight is 393 g/mol. The number of hydrogen-bond acceptors (Lipinski definition) is 6. The van der Waals surface area contributed by atoms with Crippen LogP contribution in [0.1, 0.15) is 10.5 Å². The molecule has 0 radical (unpaired) electrons. The highest BCUT2D eigenvalue weighted by Crippen LogP contribution is 2.18. The van der Waals surface area contributed by atoms with Crippen LogP contribution in [0, 0.1) is 0 Å². The molecular formula is C22H23N3O4. The van der Waals surface area contributed by atoms with E-state index >= 15 is 0 Å². The van der Waals surface area contributed by atoms with Crippen molar-refractivity contribution >= 4 is 17.3 Å². The molecule has 0 spiro atoms. The molecule has 0 aliphatic rings. The monoisotopic (exact) mass is 393 g/mol. The zero-order valence-corrected chi connectivity index (χ0v) is 16.3. The maximum Gasteiger partial charge on any atom is 0.274 e. The molecular weight excluding hydrogens is 370 g/mol. The van der Waals surface area contributed by atoms with Gasteiger partial charge < -0.3 is 24.8 Å². The van der Waals surface area contributed by atoms with Gasteiger partial charge in [-0.05, 0) is 48.5 Å². The average Bonchev–Trinajstić information content (AvgIpc) is 2.77. The summed E-state index contributed by atoms with van der Waals surface area (Å²) in [6, 6.07) is 18.0. The minimum Gasteiger partial charge on any atom is -0.497 e. The minimum absolute atomic E-state index is 0.285. The van der Waals surface area contributed by atoms with Gasteiger partial charge in [0.25, 0.3) is 5.91 Å². The summed E-state index contributed by atoms with van der Waals surface area (Å²) in [4.78, 5) is 16.5. The van der Waals surface area contributed by atoms with Crippen molar-refractivity contribution in [1.82, 2.24) is 4.98 Å². The second kappa shape index (κ2) is 9.98. The third-order valence-electron chi connectivity index (χ3n) is 4.08.